The lowest BCUT2D eigenvalue weighted by Crippen LogP contribution is -2.28. The molecule has 4 rings (SSSR count). The SMILES string of the molecule is CCOC1N=C(C2=CC3OC3C=C2)c2cc(Cl)ccc2NC1=O. The maximum Gasteiger partial charge on any atom is 0.276 e. The van der Waals surface area contributed by atoms with E-state index in [4.69, 9.17) is 21.1 Å². The number of amides is 1. The summed E-state index contributed by atoms with van der Waals surface area (Å²) in [4.78, 5) is 16.9. The van der Waals surface area contributed by atoms with Crippen LogP contribution >= 0.6 is 11.6 Å². The van der Waals surface area contributed by atoms with Gasteiger partial charge in [-0.2, -0.15) is 0 Å². The van der Waals surface area contributed by atoms with Gasteiger partial charge in [-0.15, -0.1) is 0 Å². The van der Waals surface area contributed by atoms with Crippen LogP contribution in [0.2, 0.25) is 5.02 Å². The van der Waals surface area contributed by atoms with E-state index in [9.17, 15) is 4.79 Å². The third-order valence-corrected chi connectivity index (χ3v) is 4.17. The third-order valence-electron chi connectivity index (χ3n) is 3.93. The van der Waals surface area contributed by atoms with Crippen molar-refractivity contribution in [1.82, 2.24) is 0 Å². The summed E-state index contributed by atoms with van der Waals surface area (Å²) in [6.45, 7) is 2.23. The van der Waals surface area contributed by atoms with Gasteiger partial charge in [0.15, 0.2) is 0 Å². The minimum atomic E-state index is -0.881. The Balaban J connectivity index is 1.84. The highest BCUT2D eigenvalue weighted by molar-refractivity contribution is 6.32. The lowest BCUT2D eigenvalue weighted by molar-refractivity contribution is -0.126. The summed E-state index contributed by atoms with van der Waals surface area (Å²) in [5.41, 5.74) is 3.05. The fourth-order valence-corrected chi connectivity index (χ4v) is 2.95. The van der Waals surface area contributed by atoms with Crippen molar-refractivity contribution in [1.29, 1.82) is 0 Å². The Labute approximate surface area is 138 Å². The molecule has 1 aromatic carbocycles. The second-order valence-electron chi connectivity index (χ2n) is 5.51. The first-order valence-electron chi connectivity index (χ1n) is 7.52. The summed E-state index contributed by atoms with van der Waals surface area (Å²) >= 11 is 6.14. The molecule has 0 bridgehead atoms. The third kappa shape index (κ3) is 2.72. The van der Waals surface area contributed by atoms with Crippen molar-refractivity contribution in [3.05, 3.63) is 52.6 Å². The Kier molecular flexibility index (Phi) is 3.56. The molecule has 0 spiro atoms. The van der Waals surface area contributed by atoms with Gasteiger partial charge in [-0.1, -0.05) is 23.8 Å². The first kappa shape index (κ1) is 14.6. The van der Waals surface area contributed by atoms with Crippen molar-refractivity contribution in [3.63, 3.8) is 0 Å². The van der Waals surface area contributed by atoms with Crippen LogP contribution < -0.4 is 5.32 Å². The van der Waals surface area contributed by atoms with Crippen LogP contribution in [-0.2, 0) is 14.3 Å². The van der Waals surface area contributed by atoms with E-state index in [2.05, 4.69) is 10.3 Å². The first-order valence-corrected chi connectivity index (χ1v) is 7.89. The first-order chi connectivity index (χ1) is 11.2. The lowest BCUT2D eigenvalue weighted by atomic mass is 9.96. The van der Waals surface area contributed by atoms with E-state index in [1.165, 1.54) is 0 Å². The van der Waals surface area contributed by atoms with Crippen molar-refractivity contribution in [2.24, 2.45) is 4.99 Å². The monoisotopic (exact) mass is 330 g/mol. The van der Waals surface area contributed by atoms with Crippen LogP contribution in [0, 0.1) is 0 Å². The number of nitrogens with zero attached hydrogens (tertiary/aromatic N) is 1. The van der Waals surface area contributed by atoms with Gasteiger partial charge < -0.3 is 14.8 Å². The van der Waals surface area contributed by atoms with Crippen LogP contribution in [0.25, 0.3) is 0 Å². The Bertz CT molecular complexity index is 769. The number of anilines is 1. The number of halogens is 1. The van der Waals surface area contributed by atoms with Gasteiger partial charge >= 0.3 is 0 Å². The van der Waals surface area contributed by atoms with E-state index in [1.54, 1.807) is 18.2 Å². The fraction of sp³-hybridized carbons (Fsp3) is 0.294. The average Bonchev–Trinajstić information content (AvgIpc) is 3.32. The summed E-state index contributed by atoms with van der Waals surface area (Å²) in [5, 5.41) is 3.44. The average molecular weight is 331 g/mol. The fourth-order valence-electron chi connectivity index (χ4n) is 2.78. The number of benzene rings is 1. The van der Waals surface area contributed by atoms with Crippen molar-refractivity contribution >= 4 is 28.9 Å². The molecule has 0 saturated carbocycles. The molecule has 1 aliphatic carbocycles. The zero-order chi connectivity index (χ0) is 16.0. The topological polar surface area (TPSA) is 63.2 Å². The maximum atomic E-state index is 12.3. The quantitative estimate of drug-likeness (QED) is 0.867. The predicted octanol–water partition coefficient (Wildman–Crippen LogP) is 2.71. The number of aliphatic imine (C=N–C) groups is 1. The smallest absolute Gasteiger partial charge is 0.276 e. The minimum absolute atomic E-state index is 0.0952. The van der Waals surface area contributed by atoms with Crippen molar-refractivity contribution in [3.8, 4) is 0 Å². The molecule has 118 valence electrons. The molecule has 1 aromatic rings. The minimum Gasteiger partial charge on any atom is -0.361 e. The molecule has 2 heterocycles. The number of benzodiazepines with no additional fused rings is 1. The van der Waals surface area contributed by atoms with Crippen LogP contribution in [0.3, 0.4) is 0 Å². The van der Waals surface area contributed by atoms with Gasteiger partial charge in [-0.3, -0.25) is 4.79 Å². The Morgan fingerprint density at radius 1 is 1.39 bits per heavy atom. The number of ether oxygens (including phenoxy) is 2. The predicted molar refractivity (Wildman–Crippen MR) is 87.9 cm³/mol. The number of carbonyl (C=O) groups excluding carboxylic acids is 1. The van der Waals surface area contributed by atoms with Crippen molar-refractivity contribution in [2.75, 3.05) is 11.9 Å². The van der Waals surface area contributed by atoms with E-state index in [0.29, 0.717) is 23.0 Å². The molecule has 0 radical (unpaired) electrons. The number of rotatable bonds is 3. The van der Waals surface area contributed by atoms with Crippen LogP contribution in [0.5, 0.6) is 0 Å². The van der Waals surface area contributed by atoms with E-state index < -0.39 is 6.23 Å². The molecule has 1 amide bonds. The summed E-state index contributed by atoms with van der Waals surface area (Å²) in [6, 6.07) is 5.33. The highest BCUT2D eigenvalue weighted by Gasteiger charge is 2.38. The van der Waals surface area contributed by atoms with Gasteiger partial charge in [0.1, 0.15) is 12.2 Å². The lowest BCUT2D eigenvalue weighted by Gasteiger charge is -2.12. The zero-order valence-corrected chi connectivity index (χ0v) is 13.2. The summed E-state index contributed by atoms with van der Waals surface area (Å²) < 4.78 is 11.0. The maximum absolute atomic E-state index is 12.3. The zero-order valence-electron chi connectivity index (χ0n) is 12.5. The number of hydrogen-bond acceptors (Lipinski definition) is 4. The number of fused-ring (bicyclic) bond motifs is 2. The standard InChI is InChI=1S/C17H15ClN2O3/c1-2-22-17-16(21)19-12-5-4-10(18)8-11(12)15(20-17)9-3-6-13-14(7-9)23-13/h3-8,13-14,17H,2H2,1H3,(H,19,21). The van der Waals surface area contributed by atoms with E-state index in [0.717, 1.165) is 11.1 Å². The van der Waals surface area contributed by atoms with Crippen molar-refractivity contribution < 1.29 is 14.3 Å². The van der Waals surface area contributed by atoms with Gasteiger partial charge in [0, 0.05) is 17.2 Å². The van der Waals surface area contributed by atoms with Gasteiger partial charge in [-0.05, 0) is 36.8 Å². The molecule has 1 fully saturated rings. The van der Waals surface area contributed by atoms with Crippen LogP contribution in [0.15, 0.2) is 47.0 Å². The van der Waals surface area contributed by atoms with Crippen LogP contribution in [0.1, 0.15) is 12.5 Å². The molecule has 3 aliphatic rings. The number of allylic oxidation sites excluding steroid dienone is 2. The van der Waals surface area contributed by atoms with Crippen LogP contribution in [-0.4, -0.2) is 36.7 Å². The molecule has 3 atom stereocenters. The molecule has 23 heavy (non-hydrogen) atoms. The van der Waals surface area contributed by atoms with E-state index >= 15 is 0 Å². The molecule has 1 N–H and O–H groups in total. The molecule has 5 nitrogen and oxygen atoms in total. The molecule has 3 unspecified atom stereocenters. The Morgan fingerprint density at radius 2 is 2.26 bits per heavy atom. The summed E-state index contributed by atoms with van der Waals surface area (Å²) in [5.74, 6) is -0.286. The van der Waals surface area contributed by atoms with Crippen LogP contribution in [0.4, 0.5) is 5.69 Å². The highest BCUT2D eigenvalue weighted by atomic mass is 35.5. The van der Waals surface area contributed by atoms with Gasteiger partial charge in [-0.25, -0.2) is 4.99 Å². The van der Waals surface area contributed by atoms with Crippen molar-refractivity contribution in [2.45, 2.75) is 25.4 Å². The number of nitrogens with one attached hydrogen (secondary N) is 1. The van der Waals surface area contributed by atoms with E-state index in [1.807, 2.05) is 25.2 Å². The molecule has 2 aliphatic heterocycles. The molecular weight excluding hydrogens is 316 g/mol. The molecular formula is C17H15ClN2O3. The molecule has 1 saturated heterocycles. The number of carbonyl (C=O) groups is 1. The second kappa shape index (κ2) is 5.60. The number of hydrogen-bond donors (Lipinski definition) is 1. The molecule has 6 heteroatoms. The van der Waals surface area contributed by atoms with Gasteiger partial charge in [0.05, 0.1) is 11.4 Å². The van der Waals surface area contributed by atoms with Gasteiger partial charge in [0.25, 0.3) is 5.91 Å². The largest absolute Gasteiger partial charge is 0.361 e. The number of epoxide rings is 1. The normalized spacial score (nSPS) is 28.1. The van der Waals surface area contributed by atoms with E-state index in [-0.39, 0.29) is 18.1 Å². The highest BCUT2D eigenvalue weighted by Crippen LogP contribution is 2.34. The summed E-state index contributed by atoms with van der Waals surface area (Å²) in [6.07, 6.45) is 5.38. The Hall–Kier alpha value is -1.95. The molecule has 0 aromatic heterocycles. The van der Waals surface area contributed by atoms with Gasteiger partial charge in [0.2, 0.25) is 6.23 Å². The summed E-state index contributed by atoms with van der Waals surface area (Å²) in [7, 11) is 0. The Morgan fingerprint density at radius 3 is 3.04 bits per heavy atom. The second-order valence-corrected chi connectivity index (χ2v) is 5.95.